The van der Waals surface area contributed by atoms with Crippen LogP contribution in [-0.2, 0) is 9.47 Å². The number of rotatable bonds is 6. The maximum Gasteiger partial charge on any atom is 0.185 e. The van der Waals surface area contributed by atoms with E-state index in [2.05, 4.69) is 9.88 Å². The number of hydrogen-bond donors (Lipinski definition) is 0. The van der Waals surface area contributed by atoms with Crippen molar-refractivity contribution in [3.05, 3.63) is 29.8 Å². The summed E-state index contributed by atoms with van der Waals surface area (Å²) < 4.78 is 23.6. The van der Waals surface area contributed by atoms with Crippen molar-refractivity contribution < 1.29 is 18.7 Å². The molecule has 0 saturated carbocycles. The number of ether oxygens (including phenoxy) is 2. The molecule has 2 heterocycles. The summed E-state index contributed by atoms with van der Waals surface area (Å²) in [6.45, 7) is 3.94. The van der Waals surface area contributed by atoms with E-state index >= 15 is 0 Å². The Labute approximate surface area is 124 Å². The van der Waals surface area contributed by atoms with E-state index in [4.69, 9.17) is 9.47 Å². The molecule has 5 nitrogen and oxygen atoms in total. The molecule has 1 saturated heterocycles. The highest BCUT2D eigenvalue weighted by atomic mass is 19.1. The minimum Gasteiger partial charge on any atom is -0.377 e. The quantitative estimate of drug-likeness (QED) is 0.742. The van der Waals surface area contributed by atoms with Crippen molar-refractivity contribution in [3.8, 4) is 0 Å². The molecule has 1 aromatic heterocycles. The molecule has 3 unspecified atom stereocenters. The third-order valence-corrected chi connectivity index (χ3v) is 3.86. The monoisotopic (exact) mass is 296 g/mol. The lowest BCUT2D eigenvalue weighted by Crippen LogP contribution is -2.31. The molecule has 21 heavy (non-hydrogen) atoms. The highest BCUT2D eigenvalue weighted by Gasteiger charge is 2.34. The SMILES string of the molecule is COC1CN(CC(C)C(=O)c2ccc(F)cn2)CC1OC. The van der Waals surface area contributed by atoms with Crippen LogP contribution in [0.15, 0.2) is 18.3 Å². The van der Waals surface area contributed by atoms with Gasteiger partial charge >= 0.3 is 0 Å². The van der Waals surface area contributed by atoms with Crippen molar-refractivity contribution in [1.82, 2.24) is 9.88 Å². The number of aromatic nitrogens is 1. The molecule has 0 radical (unpaired) electrons. The molecule has 116 valence electrons. The Morgan fingerprint density at radius 2 is 2.00 bits per heavy atom. The van der Waals surface area contributed by atoms with E-state index in [0.29, 0.717) is 12.2 Å². The second kappa shape index (κ2) is 7.06. The number of Topliss-reactive ketones (excluding diaryl/α,β-unsaturated/α-hetero) is 1. The van der Waals surface area contributed by atoms with Gasteiger partial charge < -0.3 is 9.47 Å². The van der Waals surface area contributed by atoms with Crippen LogP contribution >= 0.6 is 0 Å². The van der Waals surface area contributed by atoms with Crippen LogP contribution in [0.25, 0.3) is 0 Å². The van der Waals surface area contributed by atoms with E-state index in [1.165, 1.54) is 12.1 Å². The van der Waals surface area contributed by atoms with Gasteiger partial charge in [0, 0.05) is 39.8 Å². The molecule has 2 rings (SSSR count). The molecule has 1 aliphatic heterocycles. The fourth-order valence-corrected chi connectivity index (χ4v) is 2.66. The zero-order valence-electron chi connectivity index (χ0n) is 12.6. The highest BCUT2D eigenvalue weighted by molar-refractivity contribution is 5.95. The molecule has 0 aliphatic carbocycles. The van der Waals surface area contributed by atoms with E-state index in [1.807, 2.05) is 6.92 Å². The van der Waals surface area contributed by atoms with Gasteiger partial charge in [-0.2, -0.15) is 0 Å². The summed E-state index contributed by atoms with van der Waals surface area (Å²) in [5.41, 5.74) is 0.301. The number of hydrogen-bond acceptors (Lipinski definition) is 5. The Hall–Kier alpha value is -1.37. The van der Waals surface area contributed by atoms with Gasteiger partial charge in [0.2, 0.25) is 0 Å². The Bertz CT molecular complexity index is 468. The predicted molar refractivity (Wildman–Crippen MR) is 75.7 cm³/mol. The fraction of sp³-hybridized carbons (Fsp3) is 0.600. The van der Waals surface area contributed by atoms with Crippen molar-refractivity contribution in [2.24, 2.45) is 5.92 Å². The lowest BCUT2D eigenvalue weighted by atomic mass is 10.0. The first-order valence-electron chi connectivity index (χ1n) is 6.98. The number of ketones is 1. The molecule has 6 heteroatoms. The molecule has 1 aromatic rings. The number of halogens is 1. The number of nitrogens with zero attached hydrogens (tertiary/aromatic N) is 2. The minimum absolute atomic E-state index is 0.0289. The van der Waals surface area contributed by atoms with Gasteiger partial charge in [-0.3, -0.25) is 14.7 Å². The Balaban J connectivity index is 1.94. The molecule has 1 aliphatic rings. The second-order valence-corrected chi connectivity index (χ2v) is 5.39. The normalized spacial score (nSPS) is 24.2. The van der Waals surface area contributed by atoms with Gasteiger partial charge in [-0.05, 0) is 12.1 Å². The summed E-state index contributed by atoms with van der Waals surface area (Å²) >= 11 is 0. The van der Waals surface area contributed by atoms with Crippen LogP contribution in [-0.4, -0.2) is 61.7 Å². The largest absolute Gasteiger partial charge is 0.377 e. The van der Waals surface area contributed by atoms with Crippen LogP contribution in [0.3, 0.4) is 0 Å². The Morgan fingerprint density at radius 3 is 2.48 bits per heavy atom. The molecule has 0 bridgehead atoms. The molecule has 0 N–H and O–H groups in total. The van der Waals surface area contributed by atoms with E-state index in [1.54, 1.807) is 14.2 Å². The second-order valence-electron chi connectivity index (χ2n) is 5.39. The average molecular weight is 296 g/mol. The summed E-state index contributed by atoms with van der Waals surface area (Å²) in [6.07, 6.45) is 1.13. The summed E-state index contributed by atoms with van der Waals surface area (Å²) in [5, 5.41) is 0. The van der Waals surface area contributed by atoms with Gasteiger partial charge in [-0.25, -0.2) is 4.39 Å². The summed E-state index contributed by atoms with van der Waals surface area (Å²) in [5.74, 6) is -0.731. The third kappa shape index (κ3) is 3.84. The van der Waals surface area contributed by atoms with Crippen LogP contribution in [0, 0.1) is 11.7 Å². The van der Waals surface area contributed by atoms with Crippen molar-refractivity contribution in [1.29, 1.82) is 0 Å². The van der Waals surface area contributed by atoms with Crippen LogP contribution in [0.4, 0.5) is 4.39 Å². The van der Waals surface area contributed by atoms with Crippen molar-refractivity contribution in [2.45, 2.75) is 19.1 Å². The van der Waals surface area contributed by atoms with Crippen molar-refractivity contribution in [3.63, 3.8) is 0 Å². The number of likely N-dealkylation sites (tertiary alicyclic amines) is 1. The molecular weight excluding hydrogens is 275 g/mol. The number of carbonyl (C=O) groups excluding carboxylic acids is 1. The standard InChI is InChI=1S/C15H21FN2O3/c1-10(15(19)12-5-4-11(16)6-17-12)7-18-8-13(20-2)14(9-18)21-3/h4-6,10,13-14H,7-9H2,1-3H3. The average Bonchev–Trinajstić information content (AvgIpc) is 2.89. The highest BCUT2D eigenvalue weighted by Crippen LogP contribution is 2.18. The topological polar surface area (TPSA) is 51.7 Å². The maximum absolute atomic E-state index is 12.8. The summed E-state index contributed by atoms with van der Waals surface area (Å²) in [4.78, 5) is 18.3. The molecular formula is C15H21FN2O3. The zero-order chi connectivity index (χ0) is 15.4. The van der Waals surface area contributed by atoms with Gasteiger partial charge in [0.05, 0.1) is 18.4 Å². The minimum atomic E-state index is -0.440. The van der Waals surface area contributed by atoms with Gasteiger partial charge in [-0.1, -0.05) is 6.92 Å². The number of pyridine rings is 1. The molecule has 1 fully saturated rings. The van der Waals surface area contributed by atoms with Crippen molar-refractivity contribution >= 4 is 5.78 Å². The van der Waals surface area contributed by atoms with E-state index in [-0.39, 0.29) is 23.9 Å². The molecule has 0 amide bonds. The van der Waals surface area contributed by atoms with Gasteiger partial charge in [0.15, 0.2) is 5.78 Å². The van der Waals surface area contributed by atoms with E-state index in [9.17, 15) is 9.18 Å². The predicted octanol–water partition coefficient (Wildman–Crippen LogP) is 1.39. The smallest absolute Gasteiger partial charge is 0.185 e. The third-order valence-electron chi connectivity index (χ3n) is 3.86. The lowest BCUT2D eigenvalue weighted by Gasteiger charge is -2.19. The first kappa shape index (κ1) is 16.0. The van der Waals surface area contributed by atoms with Crippen LogP contribution in [0.2, 0.25) is 0 Å². The molecule has 3 atom stereocenters. The van der Waals surface area contributed by atoms with Crippen LogP contribution in [0.1, 0.15) is 17.4 Å². The van der Waals surface area contributed by atoms with Crippen LogP contribution < -0.4 is 0 Å². The zero-order valence-corrected chi connectivity index (χ0v) is 12.6. The summed E-state index contributed by atoms with van der Waals surface area (Å²) in [7, 11) is 3.33. The van der Waals surface area contributed by atoms with E-state index in [0.717, 1.165) is 19.3 Å². The first-order valence-corrected chi connectivity index (χ1v) is 6.98. The molecule has 0 spiro atoms. The summed E-state index contributed by atoms with van der Waals surface area (Å²) in [6, 6.07) is 2.68. The fourth-order valence-electron chi connectivity index (χ4n) is 2.66. The molecule has 0 aromatic carbocycles. The Morgan fingerprint density at radius 1 is 1.38 bits per heavy atom. The first-order chi connectivity index (χ1) is 10.0. The number of carbonyl (C=O) groups is 1. The number of methoxy groups -OCH3 is 2. The van der Waals surface area contributed by atoms with E-state index < -0.39 is 5.82 Å². The van der Waals surface area contributed by atoms with Crippen LogP contribution in [0.5, 0.6) is 0 Å². The maximum atomic E-state index is 12.8. The van der Waals surface area contributed by atoms with Gasteiger partial charge in [0.1, 0.15) is 11.5 Å². The lowest BCUT2D eigenvalue weighted by molar-refractivity contribution is -0.00461. The van der Waals surface area contributed by atoms with Gasteiger partial charge in [0.25, 0.3) is 0 Å². The van der Waals surface area contributed by atoms with Crippen molar-refractivity contribution in [2.75, 3.05) is 33.9 Å². The Kier molecular flexibility index (Phi) is 5.39. The van der Waals surface area contributed by atoms with Gasteiger partial charge in [-0.15, -0.1) is 0 Å².